The van der Waals surface area contributed by atoms with E-state index < -0.39 is 0 Å². The fourth-order valence-corrected chi connectivity index (χ4v) is 1.06. The SMILES string of the molecule is C=CCNC(=S)N(C)C(=S)NCC=C. The van der Waals surface area contributed by atoms with Gasteiger partial charge in [0.25, 0.3) is 0 Å². The molecule has 0 aliphatic carbocycles. The van der Waals surface area contributed by atoms with E-state index in [-0.39, 0.29) is 0 Å². The fraction of sp³-hybridized carbons (Fsp3) is 0.333. The summed E-state index contributed by atoms with van der Waals surface area (Å²) in [6.07, 6.45) is 3.47. The van der Waals surface area contributed by atoms with E-state index >= 15 is 0 Å². The van der Waals surface area contributed by atoms with Crippen LogP contribution in [0.5, 0.6) is 0 Å². The van der Waals surface area contributed by atoms with Gasteiger partial charge in [0.2, 0.25) is 0 Å². The highest BCUT2D eigenvalue weighted by Gasteiger charge is 2.06. The van der Waals surface area contributed by atoms with Gasteiger partial charge in [0, 0.05) is 20.1 Å². The maximum Gasteiger partial charge on any atom is 0.175 e. The van der Waals surface area contributed by atoms with Crippen LogP contribution < -0.4 is 10.6 Å². The maximum absolute atomic E-state index is 5.08. The van der Waals surface area contributed by atoms with Crippen molar-refractivity contribution in [3.63, 3.8) is 0 Å². The summed E-state index contributed by atoms with van der Waals surface area (Å²) in [6, 6.07) is 0. The Kier molecular flexibility index (Phi) is 6.96. The van der Waals surface area contributed by atoms with Crippen molar-refractivity contribution in [1.82, 2.24) is 15.5 Å². The summed E-state index contributed by atoms with van der Waals surface area (Å²) in [5.74, 6) is 0. The fourth-order valence-electron chi connectivity index (χ4n) is 0.648. The maximum atomic E-state index is 5.08. The Morgan fingerprint density at radius 1 is 1.14 bits per heavy atom. The number of rotatable bonds is 4. The average Bonchev–Trinajstić information content (AvgIpc) is 2.21. The third-order valence-electron chi connectivity index (χ3n) is 1.40. The summed E-state index contributed by atoms with van der Waals surface area (Å²) >= 11 is 10.2. The van der Waals surface area contributed by atoms with Crippen LogP contribution in [0.1, 0.15) is 0 Å². The zero-order chi connectivity index (χ0) is 11.0. The van der Waals surface area contributed by atoms with Crippen LogP contribution in [0.3, 0.4) is 0 Å². The molecule has 0 rings (SSSR count). The molecule has 78 valence electrons. The third-order valence-corrected chi connectivity index (χ3v) is 2.24. The molecule has 2 N–H and O–H groups in total. The normalized spacial score (nSPS) is 8.64. The van der Waals surface area contributed by atoms with Crippen molar-refractivity contribution in [3.8, 4) is 0 Å². The van der Waals surface area contributed by atoms with Crippen LogP contribution >= 0.6 is 24.4 Å². The first kappa shape index (κ1) is 13.1. The summed E-state index contributed by atoms with van der Waals surface area (Å²) in [4.78, 5) is 1.69. The van der Waals surface area contributed by atoms with E-state index in [0.29, 0.717) is 23.3 Å². The van der Waals surface area contributed by atoms with Gasteiger partial charge >= 0.3 is 0 Å². The first-order chi connectivity index (χ1) is 6.63. The zero-order valence-electron chi connectivity index (χ0n) is 8.25. The Balaban J connectivity index is 3.96. The minimum atomic E-state index is 0.575. The molecular weight excluding hydrogens is 214 g/mol. The van der Waals surface area contributed by atoms with Gasteiger partial charge in [0.1, 0.15) is 0 Å². The summed E-state index contributed by atoms with van der Waals surface area (Å²) in [5, 5.41) is 7.10. The number of thiocarbonyl (C=S) groups is 2. The molecule has 0 radical (unpaired) electrons. The molecule has 0 aliphatic rings. The molecule has 0 aromatic carbocycles. The van der Waals surface area contributed by atoms with Crippen molar-refractivity contribution in [2.45, 2.75) is 0 Å². The molecule has 0 spiro atoms. The molecule has 0 amide bonds. The molecule has 0 fully saturated rings. The van der Waals surface area contributed by atoms with Crippen LogP contribution in [0.25, 0.3) is 0 Å². The van der Waals surface area contributed by atoms with E-state index in [1.807, 2.05) is 0 Å². The van der Waals surface area contributed by atoms with E-state index in [2.05, 4.69) is 23.8 Å². The Labute approximate surface area is 95.9 Å². The lowest BCUT2D eigenvalue weighted by Crippen LogP contribution is -2.45. The van der Waals surface area contributed by atoms with Crippen molar-refractivity contribution in [1.29, 1.82) is 0 Å². The standard InChI is InChI=1S/C9H15N3S2/c1-4-6-10-8(13)12(3)9(14)11-7-5-2/h4-5H,1-2,6-7H2,3H3,(H,10,13)(H,11,14). The van der Waals surface area contributed by atoms with Gasteiger partial charge in [0.05, 0.1) is 0 Å². The molecule has 14 heavy (non-hydrogen) atoms. The van der Waals surface area contributed by atoms with Crippen molar-refractivity contribution >= 4 is 34.7 Å². The van der Waals surface area contributed by atoms with E-state index in [9.17, 15) is 0 Å². The Bertz CT molecular complexity index is 214. The van der Waals surface area contributed by atoms with Gasteiger partial charge in [-0.2, -0.15) is 0 Å². The molecule has 0 bridgehead atoms. The number of hydrogen-bond donors (Lipinski definition) is 2. The van der Waals surface area contributed by atoms with E-state index in [1.165, 1.54) is 0 Å². The number of nitrogens with one attached hydrogen (secondary N) is 2. The lowest BCUT2D eigenvalue weighted by atomic mass is 10.6. The topological polar surface area (TPSA) is 27.3 Å². The smallest absolute Gasteiger partial charge is 0.175 e. The lowest BCUT2D eigenvalue weighted by molar-refractivity contribution is 0.704. The molecule has 0 unspecified atom stereocenters. The molecule has 0 aromatic rings. The lowest BCUT2D eigenvalue weighted by Gasteiger charge is -2.21. The molecule has 0 aliphatic heterocycles. The molecule has 0 heterocycles. The second-order valence-electron chi connectivity index (χ2n) is 2.51. The highest BCUT2D eigenvalue weighted by atomic mass is 32.1. The van der Waals surface area contributed by atoms with Crippen molar-refractivity contribution in [2.24, 2.45) is 0 Å². The Hall–Kier alpha value is -0.940. The summed E-state index contributed by atoms with van der Waals surface area (Å²) in [6.45, 7) is 8.43. The summed E-state index contributed by atoms with van der Waals surface area (Å²) in [5.41, 5.74) is 0. The van der Waals surface area contributed by atoms with Crippen molar-refractivity contribution in [2.75, 3.05) is 20.1 Å². The second kappa shape index (κ2) is 7.46. The quantitative estimate of drug-likeness (QED) is 0.555. The molecule has 0 saturated heterocycles. The van der Waals surface area contributed by atoms with Crippen LogP contribution in [-0.4, -0.2) is 35.3 Å². The Morgan fingerprint density at radius 3 is 1.79 bits per heavy atom. The van der Waals surface area contributed by atoms with Gasteiger partial charge in [-0.3, -0.25) is 4.90 Å². The molecule has 3 nitrogen and oxygen atoms in total. The predicted molar refractivity (Wildman–Crippen MR) is 69.4 cm³/mol. The zero-order valence-corrected chi connectivity index (χ0v) is 9.88. The molecule has 5 heteroatoms. The van der Waals surface area contributed by atoms with Crippen LogP contribution in [0, 0.1) is 0 Å². The van der Waals surface area contributed by atoms with Crippen LogP contribution in [0.2, 0.25) is 0 Å². The van der Waals surface area contributed by atoms with Crippen LogP contribution in [0.4, 0.5) is 0 Å². The van der Waals surface area contributed by atoms with Crippen molar-refractivity contribution in [3.05, 3.63) is 25.3 Å². The van der Waals surface area contributed by atoms with E-state index in [0.717, 1.165) is 0 Å². The molecule has 0 aromatic heterocycles. The van der Waals surface area contributed by atoms with Gasteiger partial charge < -0.3 is 10.6 Å². The largest absolute Gasteiger partial charge is 0.359 e. The molecular formula is C9H15N3S2. The number of hydrogen-bond acceptors (Lipinski definition) is 2. The van der Waals surface area contributed by atoms with Gasteiger partial charge in [0.15, 0.2) is 10.2 Å². The predicted octanol–water partition coefficient (Wildman–Crippen LogP) is 1.04. The minimum Gasteiger partial charge on any atom is -0.359 e. The van der Waals surface area contributed by atoms with Crippen molar-refractivity contribution < 1.29 is 0 Å². The van der Waals surface area contributed by atoms with E-state index in [4.69, 9.17) is 24.4 Å². The monoisotopic (exact) mass is 229 g/mol. The average molecular weight is 229 g/mol. The second-order valence-corrected chi connectivity index (χ2v) is 3.28. The van der Waals surface area contributed by atoms with Gasteiger partial charge in [-0.15, -0.1) is 13.2 Å². The molecule has 0 saturated carbocycles. The first-order valence-electron chi connectivity index (χ1n) is 4.14. The van der Waals surface area contributed by atoms with Gasteiger partial charge in [-0.25, -0.2) is 0 Å². The highest BCUT2D eigenvalue weighted by molar-refractivity contribution is 7.81. The minimum absolute atomic E-state index is 0.575. The summed E-state index contributed by atoms with van der Waals surface area (Å²) in [7, 11) is 1.80. The summed E-state index contributed by atoms with van der Waals surface area (Å²) < 4.78 is 0. The third kappa shape index (κ3) is 4.94. The van der Waals surface area contributed by atoms with Crippen LogP contribution in [0.15, 0.2) is 25.3 Å². The number of nitrogens with zero attached hydrogens (tertiary/aromatic N) is 1. The Morgan fingerprint density at radius 2 is 1.50 bits per heavy atom. The van der Waals surface area contributed by atoms with Gasteiger partial charge in [-0.1, -0.05) is 12.2 Å². The first-order valence-corrected chi connectivity index (χ1v) is 4.96. The van der Waals surface area contributed by atoms with E-state index in [1.54, 1.807) is 24.1 Å². The van der Waals surface area contributed by atoms with Gasteiger partial charge in [-0.05, 0) is 24.4 Å². The highest BCUT2D eigenvalue weighted by Crippen LogP contribution is 1.87. The molecule has 0 atom stereocenters. The van der Waals surface area contributed by atoms with Crippen LogP contribution in [-0.2, 0) is 0 Å².